The van der Waals surface area contributed by atoms with Crippen LogP contribution >= 0.6 is 0 Å². The van der Waals surface area contributed by atoms with Gasteiger partial charge in [-0.1, -0.05) is 12.1 Å². The maximum absolute atomic E-state index is 12.0. The minimum absolute atomic E-state index is 0.0157. The van der Waals surface area contributed by atoms with Crippen molar-refractivity contribution in [1.82, 2.24) is 0 Å². The van der Waals surface area contributed by atoms with E-state index in [1.54, 1.807) is 0 Å². The van der Waals surface area contributed by atoms with Gasteiger partial charge in [0.1, 0.15) is 27.8 Å². The summed E-state index contributed by atoms with van der Waals surface area (Å²) in [5, 5.41) is 21.1. The zero-order valence-corrected chi connectivity index (χ0v) is 16.5. The molecular weight excluding hydrogens is 420 g/mol. The number of anilines is 1. The summed E-state index contributed by atoms with van der Waals surface area (Å²) in [5.41, 5.74) is -1.43. The molecule has 0 aliphatic carbocycles. The smallest absolute Gasteiger partial charge is 0.298 e. The Morgan fingerprint density at radius 2 is 1.87 bits per heavy atom. The van der Waals surface area contributed by atoms with E-state index in [1.807, 2.05) is 0 Å². The molecule has 0 fully saturated rings. The fraction of sp³-hybridized carbons (Fsp3) is 0.176. The molecule has 1 amide bonds. The highest BCUT2D eigenvalue weighted by Gasteiger charge is 2.25. The number of rotatable bonds is 8. The number of carbonyl (C=O) groups is 2. The van der Waals surface area contributed by atoms with Gasteiger partial charge in [-0.25, -0.2) is 0 Å². The Morgan fingerprint density at radius 1 is 1.20 bits per heavy atom. The molecule has 0 aromatic heterocycles. The van der Waals surface area contributed by atoms with Crippen LogP contribution in [0.2, 0.25) is 0 Å². The standard InChI is InChI=1S/C17H16N4O8S/c1-10(22)9-15(23)18-16-11(5-3-7-13(16)29-2)19-20-17-12(21(24)25)6-4-8-14(17)30(26,27)28/h3-8H,9H2,1-2H3,(H,18,23)(H,26,27,28). The Kier molecular flexibility index (Phi) is 6.92. The number of Topliss-reactive ketones (excluding diaryl/α,β-unsaturated/α-hetero) is 1. The molecule has 0 saturated carbocycles. The van der Waals surface area contributed by atoms with Crippen LogP contribution in [0.3, 0.4) is 0 Å². The molecule has 0 heterocycles. The molecule has 2 aromatic carbocycles. The lowest BCUT2D eigenvalue weighted by Crippen LogP contribution is -2.15. The number of amides is 1. The molecule has 13 heteroatoms. The number of azo groups is 1. The summed E-state index contributed by atoms with van der Waals surface area (Å²) < 4.78 is 37.6. The van der Waals surface area contributed by atoms with E-state index in [1.165, 1.54) is 32.2 Å². The highest BCUT2D eigenvalue weighted by atomic mass is 32.2. The van der Waals surface area contributed by atoms with Crippen LogP contribution in [-0.2, 0) is 19.7 Å². The average Bonchev–Trinajstić information content (AvgIpc) is 2.65. The lowest BCUT2D eigenvalue weighted by molar-refractivity contribution is -0.384. The molecule has 0 radical (unpaired) electrons. The van der Waals surface area contributed by atoms with Crippen molar-refractivity contribution in [2.24, 2.45) is 10.2 Å². The fourth-order valence-electron chi connectivity index (χ4n) is 2.38. The lowest BCUT2D eigenvalue weighted by Gasteiger charge is -2.11. The molecule has 0 saturated heterocycles. The van der Waals surface area contributed by atoms with E-state index in [0.717, 1.165) is 18.2 Å². The SMILES string of the molecule is COc1cccc(N=Nc2c([N+](=O)[O-])cccc2S(=O)(=O)O)c1NC(=O)CC(C)=O. The van der Waals surface area contributed by atoms with Crippen molar-refractivity contribution < 1.29 is 32.2 Å². The lowest BCUT2D eigenvalue weighted by atomic mass is 10.2. The van der Waals surface area contributed by atoms with Crippen LogP contribution in [0.1, 0.15) is 13.3 Å². The number of para-hydroxylation sites is 1. The van der Waals surface area contributed by atoms with E-state index in [2.05, 4.69) is 15.5 Å². The van der Waals surface area contributed by atoms with Gasteiger partial charge in [0.05, 0.1) is 18.5 Å². The van der Waals surface area contributed by atoms with Gasteiger partial charge in [-0.15, -0.1) is 10.2 Å². The third-order valence-corrected chi connectivity index (χ3v) is 4.49. The van der Waals surface area contributed by atoms with Crippen molar-refractivity contribution in [2.75, 3.05) is 12.4 Å². The Morgan fingerprint density at radius 3 is 2.43 bits per heavy atom. The molecule has 0 aliphatic heterocycles. The summed E-state index contributed by atoms with van der Waals surface area (Å²) in [6, 6.07) is 7.33. The molecule has 12 nitrogen and oxygen atoms in total. The van der Waals surface area contributed by atoms with Crippen LogP contribution in [0, 0.1) is 10.1 Å². The highest BCUT2D eigenvalue weighted by molar-refractivity contribution is 7.86. The number of ether oxygens (including phenoxy) is 1. The maximum Gasteiger partial charge on any atom is 0.298 e. The number of methoxy groups -OCH3 is 1. The summed E-state index contributed by atoms with van der Waals surface area (Å²) in [6.45, 7) is 1.23. The molecule has 2 rings (SSSR count). The van der Waals surface area contributed by atoms with Crippen molar-refractivity contribution >= 4 is 44.6 Å². The first-order valence-corrected chi connectivity index (χ1v) is 9.61. The Bertz CT molecular complexity index is 1140. The number of hydrogen-bond acceptors (Lipinski definition) is 9. The van der Waals surface area contributed by atoms with Crippen LogP contribution < -0.4 is 10.1 Å². The predicted octanol–water partition coefficient (Wildman–Crippen LogP) is 3.18. The number of nitro benzene ring substituents is 1. The Hall–Kier alpha value is -3.71. The van der Waals surface area contributed by atoms with Crippen LogP contribution in [0.5, 0.6) is 5.75 Å². The van der Waals surface area contributed by atoms with Gasteiger partial charge in [0.25, 0.3) is 15.8 Å². The number of nitro groups is 1. The van der Waals surface area contributed by atoms with Gasteiger partial charge in [0, 0.05) is 6.07 Å². The van der Waals surface area contributed by atoms with Gasteiger partial charge >= 0.3 is 0 Å². The number of carbonyl (C=O) groups excluding carboxylic acids is 2. The second-order valence-corrected chi connectivity index (χ2v) is 7.23. The monoisotopic (exact) mass is 436 g/mol. The zero-order valence-electron chi connectivity index (χ0n) is 15.7. The molecular formula is C17H16N4O8S. The van der Waals surface area contributed by atoms with Gasteiger partial charge < -0.3 is 10.1 Å². The normalized spacial score (nSPS) is 11.3. The second kappa shape index (κ2) is 9.19. The minimum atomic E-state index is -4.84. The zero-order chi connectivity index (χ0) is 22.5. The van der Waals surface area contributed by atoms with Crippen LogP contribution in [0.15, 0.2) is 51.5 Å². The van der Waals surface area contributed by atoms with Crippen LogP contribution in [0.4, 0.5) is 22.7 Å². The van der Waals surface area contributed by atoms with E-state index in [-0.39, 0.29) is 22.9 Å². The van der Waals surface area contributed by atoms with Crippen molar-refractivity contribution in [2.45, 2.75) is 18.2 Å². The van der Waals surface area contributed by atoms with Gasteiger partial charge in [-0.05, 0) is 25.1 Å². The fourth-order valence-corrected chi connectivity index (χ4v) is 3.02. The Balaban J connectivity index is 2.60. The number of nitrogens with one attached hydrogen (secondary N) is 1. The van der Waals surface area contributed by atoms with Gasteiger partial charge in [0.2, 0.25) is 5.91 Å². The highest BCUT2D eigenvalue weighted by Crippen LogP contribution is 2.39. The number of hydrogen-bond donors (Lipinski definition) is 2. The van der Waals surface area contributed by atoms with Crippen molar-refractivity contribution in [3.63, 3.8) is 0 Å². The van der Waals surface area contributed by atoms with Crippen molar-refractivity contribution in [3.8, 4) is 5.75 Å². The van der Waals surface area contributed by atoms with Crippen molar-refractivity contribution in [3.05, 3.63) is 46.5 Å². The third kappa shape index (κ3) is 5.42. The van der Waals surface area contributed by atoms with E-state index in [4.69, 9.17) is 4.74 Å². The summed E-state index contributed by atoms with van der Waals surface area (Å²) in [4.78, 5) is 32.7. The van der Waals surface area contributed by atoms with Gasteiger partial charge in [0.15, 0.2) is 5.69 Å². The molecule has 0 aliphatic rings. The minimum Gasteiger partial charge on any atom is -0.494 e. The summed E-state index contributed by atoms with van der Waals surface area (Å²) in [6.07, 6.45) is -0.411. The van der Waals surface area contributed by atoms with E-state index in [9.17, 15) is 32.7 Å². The molecule has 0 spiro atoms. The third-order valence-electron chi connectivity index (χ3n) is 3.61. The van der Waals surface area contributed by atoms with Crippen LogP contribution in [-0.4, -0.2) is 36.7 Å². The van der Waals surface area contributed by atoms with Gasteiger partial charge in [-0.3, -0.25) is 24.3 Å². The summed E-state index contributed by atoms with van der Waals surface area (Å²) >= 11 is 0. The van der Waals surface area contributed by atoms with E-state index >= 15 is 0 Å². The number of ketones is 1. The maximum atomic E-state index is 12.0. The molecule has 30 heavy (non-hydrogen) atoms. The quantitative estimate of drug-likeness (QED) is 0.208. The average molecular weight is 436 g/mol. The number of nitrogens with zero attached hydrogens (tertiary/aromatic N) is 3. The predicted molar refractivity (Wildman–Crippen MR) is 104 cm³/mol. The first-order valence-electron chi connectivity index (χ1n) is 8.17. The molecule has 0 unspecified atom stereocenters. The Labute approximate surface area is 170 Å². The van der Waals surface area contributed by atoms with Gasteiger partial charge in [-0.2, -0.15) is 8.42 Å². The van der Waals surface area contributed by atoms with Crippen LogP contribution in [0.25, 0.3) is 0 Å². The molecule has 158 valence electrons. The van der Waals surface area contributed by atoms with Crippen molar-refractivity contribution in [1.29, 1.82) is 0 Å². The molecule has 2 aromatic rings. The molecule has 0 atom stereocenters. The number of benzene rings is 2. The first-order chi connectivity index (χ1) is 14.0. The summed E-state index contributed by atoms with van der Waals surface area (Å²) in [5.74, 6) is -0.892. The van der Waals surface area contributed by atoms with E-state index < -0.39 is 43.6 Å². The summed E-state index contributed by atoms with van der Waals surface area (Å²) in [7, 11) is -3.52. The first kappa shape index (κ1) is 22.6. The van der Waals surface area contributed by atoms with E-state index in [0.29, 0.717) is 0 Å². The largest absolute Gasteiger partial charge is 0.494 e. The molecule has 0 bridgehead atoms. The topological polar surface area (TPSA) is 178 Å². The molecule has 2 N–H and O–H groups in total. The second-order valence-electron chi connectivity index (χ2n) is 5.84.